The van der Waals surface area contributed by atoms with Gasteiger partial charge in [-0.1, -0.05) is 20.3 Å². The highest BCUT2D eigenvalue weighted by Crippen LogP contribution is 2.27. The predicted octanol–water partition coefficient (Wildman–Crippen LogP) is 3.35. The minimum atomic E-state index is -4.50. The van der Waals surface area contributed by atoms with Crippen LogP contribution in [0.3, 0.4) is 0 Å². The normalized spacial score (nSPS) is 14.1. The van der Waals surface area contributed by atoms with Crippen LogP contribution in [0, 0.1) is 5.92 Å². The van der Waals surface area contributed by atoms with Crippen LogP contribution in [-0.2, 0) is 4.79 Å². The van der Waals surface area contributed by atoms with E-state index in [9.17, 15) is 22.8 Å². The van der Waals surface area contributed by atoms with Crippen molar-refractivity contribution in [1.29, 1.82) is 0 Å². The number of hydrogen-bond acceptors (Lipinski definition) is 2. The van der Waals surface area contributed by atoms with Gasteiger partial charge in [0, 0.05) is 18.2 Å². The van der Waals surface area contributed by atoms with Crippen molar-refractivity contribution in [1.82, 2.24) is 5.32 Å². The molecule has 0 aromatic heterocycles. The van der Waals surface area contributed by atoms with Crippen LogP contribution in [0.2, 0.25) is 0 Å². The van der Waals surface area contributed by atoms with E-state index < -0.39 is 24.0 Å². The molecule has 1 aromatic carbocycles. The molecule has 0 saturated carbocycles. The molecule has 0 fully saturated rings. The second-order valence-corrected chi connectivity index (χ2v) is 5.14. The number of rotatable bonds is 5. The third-order valence-electron chi connectivity index (χ3n) is 3.32. The van der Waals surface area contributed by atoms with Crippen molar-refractivity contribution in [3.8, 4) is 0 Å². The zero-order valence-electron chi connectivity index (χ0n) is 12.6. The molecule has 0 aliphatic rings. The minimum Gasteiger partial charge on any atom is -0.340 e. The maximum absolute atomic E-state index is 13.0. The maximum atomic E-state index is 13.0. The average Bonchev–Trinajstić information content (AvgIpc) is 2.42. The first kappa shape index (κ1) is 18.0. The number of halogens is 3. The Morgan fingerprint density at radius 3 is 2.14 bits per heavy atom. The van der Waals surface area contributed by atoms with Crippen molar-refractivity contribution in [3.05, 3.63) is 29.8 Å². The van der Waals surface area contributed by atoms with Gasteiger partial charge >= 0.3 is 6.18 Å². The Kier molecular flexibility index (Phi) is 5.96. The molecule has 0 radical (unpaired) electrons. The number of anilines is 1. The summed E-state index contributed by atoms with van der Waals surface area (Å²) in [5, 5.41) is 4.55. The second-order valence-electron chi connectivity index (χ2n) is 5.14. The summed E-state index contributed by atoms with van der Waals surface area (Å²) in [6.45, 7) is 4.41. The highest BCUT2D eigenvalue weighted by atomic mass is 19.4. The molecule has 0 aliphatic heterocycles. The van der Waals surface area contributed by atoms with E-state index in [4.69, 9.17) is 0 Å². The quantitative estimate of drug-likeness (QED) is 0.875. The molecule has 0 unspecified atom stereocenters. The lowest BCUT2D eigenvalue weighted by Gasteiger charge is -2.26. The van der Waals surface area contributed by atoms with Crippen molar-refractivity contribution < 1.29 is 22.8 Å². The van der Waals surface area contributed by atoms with Crippen LogP contribution in [0.5, 0.6) is 0 Å². The summed E-state index contributed by atoms with van der Waals surface area (Å²) < 4.78 is 38.9. The van der Waals surface area contributed by atoms with E-state index in [1.54, 1.807) is 6.92 Å². The molecular weight excluding hydrogens is 297 g/mol. The lowest BCUT2D eigenvalue weighted by atomic mass is 9.98. The largest absolute Gasteiger partial charge is 0.408 e. The third kappa shape index (κ3) is 5.05. The molecule has 0 bridgehead atoms. The van der Waals surface area contributed by atoms with Crippen LogP contribution in [0.25, 0.3) is 0 Å². The Morgan fingerprint density at radius 1 is 1.18 bits per heavy atom. The predicted molar refractivity (Wildman–Crippen MR) is 77.5 cm³/mol. The van der Waals surface area contributed by atoms with E-state index in [2.05, 4.69) is 5.32 Å². The third-order valence-corrected chi connectivity index (χ3v) is 3.32. The molecule has 22 heavy (non-hydrogen) atoms. The van der Waals surface area contributed by atoms with Crippen LogP contribution < -0.4 is 10.6 Å². The van der Waals surface area contributed by atoms with Gasteiger partial charge in [0.05, 0.1) is 0 Å². The van der Waals surface area contributed by atoms with E-state index in [1.165, 1.54) is 38.1 Å². The van der Waals surface area contributed by atoms with Crippen molar-refractivity contribution in [2.45, 2.75) is 39.4 Å². The molecule has 2 atom stereocenters. The first-order valence-corrected chi connectivity index (χ1v) is 6.90. The molecule has 0 saturated heterocycles. The van der Waals surface area contributed by atoms with Gasteiger partial charge in [0.25, 0.3) is 5.91 Å². The van der Waals surface area contributed by atoms with E-state index >= 15 is 0 Å². The van der Waals surface area contributed by atoms with Gasteiger partial charge in [-0.05, 0) is 30.2 Å². The number of carbonyl (C=O) groups is 2. The standard InChI is InChI=1S/C15H19F3N2O2/c1-4-9(2)13(15(16,17)18)20-14(22)11-5-7-12(8-6-11)19-10(3)21/h5-9,13H,4H2,1-3H3,(H,19,21)(H,20,22)/t9-,13-/m0/s1. The molecule has 0 heterocycles. The average molecular weight is 316 g/mol. The van der Waals surface area contributed by atoms with Crippen molar-refractivity contribution >= 4 is 17.5 Å². The molecule has 122 valence electrons. The van der Waals surface area contributed by atoms with E-state index in [1.807, 2.05) is 5.32 Å². The number of amides is 2. The molecule has 2 amide bonds. The Labute approximate surface area is 127 Å². The van der Waals surface area contributed by atoms with Gasteiger partial charge in [-0.25, -0.2) is 0 Å². The Morgan fingerprint density at radius 2 is 1.73 bits per heavy atom. The van der Waals surface area contributed by atoms with Gasteiger partial charge in [-0.3, -0.25) is 9.59 Å². The van der Waals surface area contributed by atoms with Crippen LogP contribution in [0.4, 0.5) is 18.9 Å². The number of alkyl halides is 3. The molecule has 1 aromatic rings. The number of hydrogen-bond donors (Lipinski definition) is 2. The molecule has 2 N–H and O–H groups in total. The fourth-order valence-corrected chi connectivity index (χ4v) is 1.92. The second kappa shape index (κ2) is 7.29. The topological polar surface area (TPSA) is 58.2 Å². The number of benzene rings is 1. The summed E-state index contributed by atoms with van der Waals surface area (Å²) in [5.74, 6) is -1.79. The molecule has 0 spiro atoms. The lowest BCUT2D eigenvalue weighted by molar-refractivity contribution is -0.164. The maximum Gasteiger partial charge on any atom is 0.408 e. The van der Waals surface area contributed by atoms with Gasteiger partial charge in [0.2, 0.25) is 5.91 Å². The van der Waals surface area contributed by atoms with Gasteiger partial charge in [-0.15, -0.1) is 0 Å². The SMILES string of the molecule is CC[C@H](C)[C@H](NC(=O)c1ccc(NC(C)=O)cc1)C(F)(F)F. The Hall–Kier alpha value is -2.05. The van der Waals surface area contributed by atoms with Gasteiger partial charge in [-0.2, -0.15) is 13.2 Å². The van der Waals surface area contributed by atoms with Gasteiger partial charge < -0.3 is 10.6 Å². The van der Waals surface area contributed by atoms with Gasteiger partial charge in [0.1, 0.15) is 6.04 Å². The van der Waals surface area contributed by atoms with Crippen molar-refractivity contribution in [2.75, 3.05) is 5.32 Å². The van der Waals surface area contributed by atoms with Crippen LogP contribution >= 0.6 is 0 Å². The van der Waals surface area contributed by atoms with Crippen LogP contribution in [-0.4, -0.2) is 24.0 Å². The van der Waals surface area contributed by atoms with Crippen LogP contribution in [0.1, 0.15) is 37.6 Å². The Bertz CT molecular complexity index is 527. The van der Waals surface area contributed by atoms with Crippen molar-refractivity contribution in [3.63, 3.8) is 0 Å². The highest BCUT2D eigenvalue weighted by molar-refractivity contribution is 5.95. The first-order valence-electron chi connectivity index (χ1n) is 6.90. The zero-order valence-corrected chi connectivity index (χ0v) is 12.6. The summed E-state index contributed by atoms with van der Waals surface area (Å²) in [5.41, 5.74) is 0.574. The summed E-state index contributed by atoms with van der Waals surface area (Å²) in [7, 11) is 0. The number of carbonyl (C=O) groups excluding carboxylic acids is 2. The molecule has 0 aliphatic carbocycles. The minimum absolute atomic E-state index is 0.103. The molecule has 1 rings (SSSR count). The summed E-state index contributed by atoms with van der Waals surface area (Å²) in [6, 6.07) is 3.76. The first-order chi connectivity index (χ1) is 10.1. The molecular formula is C15H19F3N2O2. The molecule has 4 nitrogen and oxygen atoms in total. The van der Waals surface area contributed by atoms with Gasteiger partial charge in [0.15, 0.2) is 0 Å². The summed E-state index contributed by atoms with van der Waals surface area (Å²) in [6.07, 6.45) is -4.20. The summed E-state index contributed by atoms with van der Waals surface area (Å²) in [4.78, 5) is 22.8. The highest BCUT2D eigenvalue weighted by Gasteiger charge is 2.43. The monoisotopic (exact) mass is 316 g/mol. The number of nitrogens with one attached hydrogen (secondary N) is 2. The zero-order chi connectivity index (χ0) is 16.9. The van der Waals surface area contributed by atoms with E-state index in [-0.39, 0.29) is 11.5 Å². The fraction of sp³-hybridized carbons (Fsp3) is 0.467. The lowest BCUT2D eigenvalue weighted by Crippen LogP contribution is -2.49. The van der Waals surface area contributed by atoms with E-state index in [0.717, 1.165) is 0 Å². The fourth-order valence-electron chi connectivity index (χ4n) is 1.92. The molecule has 7 heteroatoms. The van der Waals surface area contributed by atoms with Crippen molar-refractivity contribution in [2.24, 2.45) is 5.92 Å². The van der Waals surface area contributed by atoms with E-state index in [0.29, 0.717) is 12.1 Å². The van der Waals surface area contributed by atoms with Crippen LogP contribution in [0.15, 0.2) is 24.3 Å². The smallest absolute Gasteiger partial charge is 0.340 e. The summed E-state index contributed by atoms with van der Waals surface area (Å²) >= 11 is 0. The Balaban J connectivity index is 2.84.